The number of aliphatic imine (C=N–C) groups is 1. The molecule has 0 aliphatic carbocycles. The summed E-state index contributed by atoms with van der Waals surface area (Å²) in [5.74, 6) is 0.0932. The van der Waals surface area contributed by atoms with Crippen LogP contribution >= 0.6 is 15.9 Å². The summed E-state index contributed by atoms with van der Waals surface area (Å²) in [7, 11) is 1.63. The molecule has 0 aromatic heterocycles. The molecule has 2 aromatic rings. The summed E-state index contributed by atoms with van der Waals surface area (Å²) < 4.78 is 14.2. The third-order valence-corrected chi connectivity index (χ3v) is 4.29. The molecule has 2 aromatic carbocycles. The largest absolute Gasteiger partial charge is 0.352 e. The van der Waals surface area contributed by atoms with Crippen molar-refractivity contribution in [2.24, 2.45) is 4.99 Å². The number of guanidine groups is 1. The molecule has 1 amide bonds. The van der Waals surface area contributed by atoms with E-state index in [0.29, 0.717) is 18.1 Å². The molecule has 26 heavy (non-hydrogen) atoms. The monoisotopic (exact) mass is 420 g/mol. The molecule has 2 rings (SSSR count). The van der Waals surface area contributed by atoms with E-state index in [-0.39, 0.29) is 18.3 Å². The van der Waals surface area contributed by atoms with Crippen LogP contribution in [0.15, 0.2) is 45.9 Å². The van der Waals surface area contributed by atoms with Crippen molar-refractivity contribution in [3.63, 3.8) is 0 Å². The second-order valence-electron chi connectivity index (χ2n) is 5.87. The average molecular weight is 421 g/mol. The van der Waals surface area contributed by atoms with Crippen molar-refractivity contribution in [1.29, 1.82) is 0 Å². The number of carbonyl (C=O) groups is 1. The lowest BCUT2D eigenvalue weighted by Crippen LogP contribution is -2.41. The van der Waals surface area contributed by atoms with Gasteiger partial charge in [-0.05, 0) is 48.7 Å². The minimum Gasteiger partial charge on any atom is -0.352 e. The fraction of sp³-hybridized carbons (Fsp3) is 0.263. The molecule has 0 heterocycles. The molecule has 0 bridgehead atoms. The van der Waals surface area contributed by atoms with Crippen molar-refractivity contribution in [1.82, 2.24) is 10.6 Å². The molecule has 138 valence electrons. The van der Waals surface area contributed by atoms with E-state index in [0.717, 1.165) is 21.3 Å². The normalized spacial score (nSPS) is 11.2. The Bertz CT molecular complexity index is 823. The summed E-state index contributed by atoms with van der Waals surface area (Å²) in [5.41, 5.74) is 3.27. The molecule has 0 aliphatic heterocycles. The maximum absolute atomic E-state index is 13.3. The summed E-state index contributed by atoms with van der Waals surface area (Å²) in [5, 5.41) is 8.92. The zero-order valence-corrected chi connectivity index (χ0v) is 16.6. The highest BCUT2D eigenvalue weighted by Crippen LogP contribution is 2.20. The summed E-state index contributed by atoms with van der Waals surface area (Å²) in [6.45, 7) is 4.21. The molecule has 0 unspecified atom stereocenters. The van der Waals surface area contributed by atoms with Gasteiger partial charge in [-0.25, -0.2) is 4.39 Å². The molecule has 5 nitrogen and oxygen atoms in total. The Hall–Kier alpha value is -2.41. The van der Waals surface area contributed by atoms with Crippen LogP contribution in [0.25, 0.3) is 0 Å². The smallest absolute Gasteiger partial charge is 0.243 e. The summed E-state index contributed by atoms with van der Waals surface area (Å²) in [6.07, 6.45) is 0. The number of nitrogens with one attached hydrogen (secondary N) is 3. The summed E-state index contributed by atoms with van der Waals surface area (Å²) in [4.78, 5) is 16.2. The van der Waals surface area contributed by atoms with Gasteiger partial charge < -0.3 is 16.0 Å². The standard InChI is InChI=1S/C19H22BrFN4O/c1-12-4-6-15(20)9-17(12)25-18(26)11-24-19(22-3)23-10-14-5-7-16(21)13(2)8-14/h4-9H,10-11H2,1-3H3,(H,25,26)(H2,22,23,24). The van der Waals surface area contributed by atoms with Gasteiger partial charge in [0.1, 0.15) is 5.82 Å². The lowest BCUT2D eigenvalue weighted by atomic mass is 10.1. The van der Waals surface area contributed by atoms with Gasteiger partial charge in [0, 0.05) is 23.8 Å². The van der Waals surface area contributed by atoms with Gasteiger partial charge in [0.05, 0.1) is 6.54 Å². The van der Waals surface area contributed by atoms with Crippen LogP contribution in [0.5, 0.6) is 0 Å². The van der Waals surface area contributed by atoms with Gasteiger partial charge in [-0.1, -0.05) is 34.1 Å². The van der Waals surface area contributed by atoms with E-state index in [1.165, 1.54) is 6.07 Å². The van der Waals surface area contributed by atoms with Crippen LogP contribution < -0.4 is 16.0 Å². The minimum absolute atomic E-state index is 0.0775. The Balaban J connectivity index is 1.85. The molecule has 0 saturated carbocycles. The summed E-state index contributed by atoms with van der Waals surface area (Å²) in [6, 6.07) is 10.6. The topological polar surface area (TPSA) is 65.5 Å². The number of aryl methyl sites for hydroxylation is 2. The Labute approximate surface area is 161 Å². The fourth-order valence-corrected chi connectivity index (χ4v) is 2.67. The van der Waals surface area contributed by atoms with E-state index in [2.05, 4.69) is 36.9 Å². The first kappa shape index (κ1) is 19.9. The van der Waals surface area contributed by atoms with Gasteiger partial charge in [0.15, 0.2) is 5.96 Å². The molecule has 0 spiro atoms. The SMILES string of the molecule is CN=C(NCC(=O)Nc1cc(Br)ccc1C)NCc1ccc(F)c(C)c1. The van der Waals surface area contributed by atoms with Gasteiger partial charge in [0.2, 0.25) is 5.91 Å². The van der Waals surface area contributed by atoms with E-state index in [4.69, 9.17) is 0 Å². The average Bonchev–Trinajstić information content (AvgIpc) is 2.61. The van der Waals surface area contributed by atoms with E-state index in [1.807, 2.05) is 25.1 Å². The number of nitrogens with zero attached hydrogens (tertiary/aromatic N) is 1. The summed E-state index contributed by atoms with van der Waals surface area (Å²) >= 11 is 3.39. The predicted octanol–water partition coefficient (Wildman–Crippen LogP) is 3.51. The number of hydrogen-bond acceptors (Lipinski definition) is 2. The second kappa shape index (κ2) is 9.33. The number of carbonyl (C=O) groups excluding carboxylic acids is 1. The second-order valence-corrected chi connectivity index (χ2v) is 6.79. The number of rotatable bonds is 5. The van der Waals surface area contributed by atoms with Gasteiger partial charge in [0.25, 0.3) is 0 Å². The van der Waals surface area contributed by atoms with Crippen molar-refractivity contribution in [2.75, 3.05) is 18.9 Å². The molecular weight excluding hydrogens is 399 g/mol. The van der Waals surface area contributed by atoms with Gasteiger partial charge in [-0.2, -0.15) is 0 Å². The van der Waals surface area contributed by atoms with Gasteiger partial charge in [-0.15, -0.1) is 0 Å². The Morgan fingerprint density at radius 1 is 1.12 bits per heavy atom. The van der Waals surface area contributed by atoms with Gasteiger partial charge in [-0.3, -0.25) is 9.79 Å². The zero-order valence-electron chi connectivity index (χ0n) is 15.0. The highest BCUT2D eigenvalue weighted by molar-refractivity contribution is 9.10. The van der Waals surface area contributed by atoms with Crippen LogP contribution in [-0.2, 0) is 11.3 Å². The highest BCUT2D eigenvalue weighted by atomic mass is 79.9. The number of benzene rings is 2. The minimum atomic E-state index is -0.226. The molecular formula is C19H22BrFN4O. The zero-order chi connectivity index (χ0) is 19.1. The van der Waals surface area contributed by atoms with E-state index < -0.39 is 0 Å². The predicted molar refractivity (Wildman–Crippen MR) is 107 cm³/mol. The first-order chi connectivity index (χ1) is 12.4. The Morgan fingerprint density at radius 3 is 2.58 bits per heavy atom. The quantitative estimate of drug-likeness (QED) is 0.512. The molecule has 0 saturated heterocycles. The van der Waals surface area contributed by atoms with Crippen molar-refractivity contribution in [3.05, 3.63) is 63.4 Å². The molecule has 0 aliphatic rings. The number of halogens is 2. The first-order valence-electron chi connectivity index (χ1n) is 8.14. The maximum Gasteiger partial charge on any atom is 0.243 e. The van der Waals surface area contributed by atoms with E-state index in [9.17, 15) is 9.18 Å². The number of hydrogen-bond donors (Lipinski definition) is 3. The molecule has 0 radical (unpaired) electrons. The van der Waals surface area contributed by atoms with Crippen LogP contribution in [0.2, 0.25) is 0 Å². The maximum atomic E-state index is 13.3. The number of anilines is 1. The first-order valence-corrected chi connectivity index (χ1v) is 8.94. The lowest BCUT2D eigenvalue weighted by molar-refractivity contribution is -0.115. The van der Waals surface area contributed by atoms with Crippen LogP contribution in [0.1, 0.15) is 16.7 Å². The van der Waals surface area contributed by atoms with Crippen molar-refractivity contribution >= 4 is 33.5 Å². The third-order valence-electron chi connectivity index (χ3n) is 3.80. The van der Waals surface area contributed by atoms with Crippen LogP contribution in [0.4, 0.5) is 10.1 Å². The molecule has 0 fully saturated rings. The molecule has 3 N–H and O–H groups in total. The number of amides is 1. The van der Waals surface area contributed by atoms with Crippen molar-refractivity contribution < 1.29 is 9.18 Å². The Kier molecular flexibility index (Phi) is 7.15. The highest BCUT2D eigenvalue weighted by Gasteiger charge is 2.07. The fourth-order valence-electron chi connectivity index (χ4n) is 2.31. The van der Waals surface area contributed by atoms with Gasteiger partial charge >= 0.3 is 0 Å². The van der Waals surface area contributed by atoms with E-state index in [1.54, 1.807) is 26.1 Å². The van der Waals surface area contributed by atoms with Crippen LogP contribution in [0.3, 0.4) is 0 Å². The van der Waals surface area contributed by atoms with Crippen LogP contribution in [0, 0.1) is 19.7 Å². The molecule has 7 heteroatoms. The Morgan fingerprint density at radius 2 is 1.88 bits per heavy atom. The lowest BCUT2D eigenvalue weighted by Gasteiger charge is -2.13. The van der Waals surface area contributed by atoms with Crippen LogP contribution in [-0.4, -0.2) is 25.5 Å². The molecule has 0 atom stereocenters. The van der Waals surface area contributed by atoms with Crippen molar-refractivity contribution in [2.45, 2.75) is 20.4 Å². The van der Waals surface area contributed by atoms with E-state index >= 15 is 0 Å². The van der Waals surface area contributed by atoms with Crippen molar-refractivity contribution in [3.8, 4) is 0 Å². The third kappa shape index (κ3) is 5.84.